The Hall–Kier alpha value is -1.48. The lowest BCUT2D eigenvalue weighted by Crippen LogP contribution is -2.40. The van der Waals surface area contributed by atoms with Gasteiger partial charge in [-0.2, -0.15) is 5.26 Å². The maximum Gasteiger partial charge on any atom is 0.410 e. The van der Waals surface area contributed by atoms with E-state index in [-0.39, 0.29) is 18.4 Å². The van der Waals surface area contributed by atoms with Gasteiger partial charge in [0.1, 0.15) is 5.60 Å². The number of hydrogen-bond acceptors (Lipinski definition) is 4. The van der Waals surface area contributed by atoms with Crippen molar-refractivity contribution in [1.82, 2.24) is 4.90 Å². The van der Waals surface area contributed by atoms with Gasteiger partial charge in [-0.25, -0.2) is 4.79 Å². The van der Waals surface area contributed by atoms with Gasteiger partial charge < -0.3 is 14.4 Å². The summed E-state index contributed by atoms with van der Waals surface area (Å²) in [6.07, 6.45) is -0.485. The van der Waals surface area contributed by atoms with E-state index < -0.39 is 11.7 Å². The van der Waals surface area contributed by atoms with Crippen molar-refractivity contribution in [2.75, 3.05) is 19.7 Å². The van der Waals surface area contributed by atoms with Crippen molar-refractivity contribution < 1.29 is 14.3 Å². The summed E-state index contributed by atoms with van der Waals surface area (Å²) in [6, 6.07) is 7.49. The molecular formula is C18H22Cl2N2O3. The van der Waals surface area contributed by atoms with Crippen molar-refractivity contribution >= 4 is 29.3 Å². The van der Waals surface area contributed by atoms with Crippen molar-refractivity contribution in [1.29, 1.82) is 5.26 Å². The fraction of sp³-hybridized carbons (Fsp3) is 0.556. The number of halogens is 2. The van der Waals surface area contributed by atoms with Crippen LogP contribution in [0.5, 0.6) is 0 Å². The Morgan fingerprint density at radius 2 is 2.12 bits per heavy atom. The SMILES string of the molecule is CC(C)(C)OC(=O)N1CCO[C@@H](CC#N)[C@H](c2ccc(Cl)c(Cl)c2)C1. The zero-order valence-corrected chi connectivity index (χ0v) is 16.1. The van der Waals surface area contributed by atoms with Crippen LogP contribution < -0.4 is 0 Å². The fourth-order valence-electron chi connectivity index (χ4n) is 2.72. The van der Waals surface area contributed by atoms with Gasteiger partial charge >= 0.3 is 6.09 Å². The van der Waals surface area contributed by atoms with Gasteiger partial charge in [0.05, 0.1) is 35.2 Å². The van der Waals surface area contributed by atoms with Gasteiger partial charge in [-0.3, -0.25) is 0 Å². The summed E-state index contributed by atoms with van der Waals surface area (Å²) in [7, 11) is 0. The lowest BCUT2D eigenvalue weighted by Gasteiger charge is -2.29. The summed E-state index contributed by atoms with van der Waals surface area (Å²) < 4.78 is 11.3. The minimum absolute atomic E-state index is 0.190. The van der Waals surface area contributed by atoms with Crippen LogP contribution >= 0.6 is 23.2 Å². The maximum absolute atomic E-state index is 12.5. The minimum Gasteiger partial charge on any atom is -0.444 e. The van der Waals surface area contributed by atoms with Gasteiger partial charge in [0.25, 0.3) is 0 Å². The molecule has 1 aromatic carbocycles. The highest BCUT2D eigenvalue weighted by Crippen LogP contribution is 2.32. The fourth-order valence-corrected chi connectivity index (χ4v) is 3.03. The van der Waals surface area contributed by atoms with Gasteiger partial charge in [0.2, 0.25) is 0 Å². The number of carbonyl (C=O) groups is 1. The second-order valence-corrected chi connectivity index (χ2v) is 7.79. The first-order valence-electron chi connectivity index (χ1n) is 8.12. The lowest BCUT2D eigenvalue weighted by atomic mass is 9.91. The highest BCUT2D eigenvalue weighted by atomic mass is 35.5. The summed E-state index contributed by atoms with van der Waals surface area (Å²) in [5.74, 6) is -0.190. The van der Waals surface area contributed by atoms with E-state index in [1.165, 1.54) is 0 Å². The first-order chi connectivity index (χ1) is 11.7. The van der Waals surface area contributed by atoms with E-state index in [0.29, 0.717) is 29.7 Å². The Kier molecular flexibility index (Phi) is 6.56. The first kappa shape index (κ1) is 19.8. The standard InChI is InChI=1S/C18H22Cl2N2O3/c1-18(2,3)25-17(23)22-8-9-24-16(6-7-21)13(11-22)12-4-5-14(19)15(20)10-12/h4-5,10,13,16H,6,8-9,11H2,1-3H3/t13-,16-/m0/s1. The Balaban J connectivity index is 2.28. The third-order valence-electron chi connectivity index (χ3n) is 3.87. The predicted molar refractivity (Wildman–Crippen MR) is 97.0 cm³/mol. The largest absolute Gasteiger partial charge is 0.444 e. The second-order valence-electron chi connectivity index (χ2n) is 6.98. The zero-order chi connectivity index (χ0) is 18.6. The molecule has 0 unspecified atom stereocenters. The van der Waals surface area contributed by atoms with Crippen LogP contribution in [-0.2, 0) is 9.47 Å². The molecule has 7 heteroatoms. The molecule has 1 aromatic rings. The number of carbonyl (C=O) groups excluding carboxylic acids is 1. The maximum atomic E-state index is 12.5. The van der Waals surface area contributed by atoms with Crippen LogP contribution in [0.4, 0.5) is 4.79 Å². The van der Waals surface area contributed by atoms with Crippen LogP contribution in [0.15, 0.2) is 18.2 Å². The summed E-state index contributed by atoms with van der Waals surface area (Å²) in [4.78, 5) is 14.1. The van der Waals surface area contributed by atoms with Crippen LogP contribution in [0.25, 0.3) is 0 Å². The van der Waals surface area contributed by atoms with Crippen LogP contribution in [0.2, 0.25) is 10.0 Å². The Labute approximate surface area is 158 Å². The molecule has 2 rings (SSSR count). The van der Waals surface area contributed by atoms with Crippen molar-refractivity contribution in [3.05, 3.63) is 33.8 Å². The number of nitrogens with zero attached hydrogens (tertiary/aromatic N) is 2. The molecule has 136 valence electrons. The molecule has 1 heterocycles. The number of rotatable bonds is 2. The molecule has 0 aliphatic carbocycles. The third kappa shape index (κ3) is 5.50. The number of nitriles is 1. The number of hydrogen-bond donors (Lipinski definition) is 0. The molecule has 5 nitrogen and oxygen atoms in total. The van der Waals surface area contributed by atoms with E-state index in [2.05, 4.69) is 6.07 Å². The number of amides is 1. The quantitative estimate of drug-likeness (QED) is 0.745. The van der Waals surface area contributed by atoms with Crippen molar-refractivity contribution in [3.63, 3.8) is 0 Å². The Morgan fingerprint density at radius 3 is 2.72 bits per heavy atom. The van der Waals surface area contributed by atoms with Crippen molar-refractivity contribution in [2.45, 2.75) is 44.8 Å². The smallest absolute Gasteiger partial charge is 0.410 e. The van der Waals surface area contributed by atoms with Crippen LogP contribution in [0, 0.1) is 11.3 Å². The summed E-state index contributed by atoms with van der Waals surface area (Å²) in [6.45, 7) is 6.63. The van der Waals surface area contributed by atoms with Crippen molar-refractivity contribution in [3.8, 4) is 6.07 Å². The first-order valence-corrected chi connectivity index (χ1v) is 8.88. The van der Waals surface area contributed by atoms with E-state index >= 15 is 0 Å². The molecule has 1 saturated heterocycles. The Bertz CT molecular complexity index is 667. The van der Waals surface area contributed by atoms with E-state index in [4.69, 9.17) is 37.9 Å². The van der Waals surface area contributed by atoms with E-state index in [0.717, 1.165) is 5.56 Å². The molecule has 2 atom stereocenters. The molecule has 0 saturated carbocycles. The van der Waals surface area contributed by atoms with E-state index in [9.17, 15) is 4.79 Å². The zero-order valence-electron chi connectivity index (χ0n) is 14.6. The average molecular weight is 385 g/mol. The second kappa shape index (κ2) is 8.27. The molecule has 0 aromatic heterocycles. The molecule has 0 N–H and O–H groups in total. The van der Waals surface area contributed by atoms with Crippen LogP contribution in [0.1, 0.15) is 38.7 Å². The topological polar surface area (TPSA) is 62.6 Å². The molecule has 1 aliphatic rings. The average Bonchev–Trinajstić information content (AvgIpc) is 2.72. The third-order valence-corrected chi connectivity index (χ3v) is 4.61. The van der Waals surface area contributed by atoms with E-state index in [1.54, 1.807) is 17.0 Å². The molecule has 0 spiro atoms. The van der Waals surface area contributed by atoms with Gasteiger partial charge in [-0.15, -0.1) is 0 Å². The summed E-state index contributed by atoms with van der Waals surface area (Å²) in [5.41, 5.74) is 0.306. The molecule has 1 amide bonds. The number of benzene rings is 1. The van der Waals surface area contributed by atoms with Crippen LogP contribution in [-0.4, -0.2) is 42.4 Å². The van der Waals surface area contributed by atoms with Gasteiger partial charge in [0, 0.05) is 19.0 Å². The number of ether oxygens (including phenoxy) is 2. The minimum atomic E-state index is -0.574. The van der Waals surface area contributed by atoms with E-state index in [1.807, 2.05) is 26.8 Å². The van der Waals surface area contributed by atoms with Gasteiger partial charge in [-0.1, -0.05) is 29.3 Å². The molecular weight excluding hydrogens is 363 g/mol. The molecule has 25 heavy (non-hydrogen) atoms. The lowest BCUT2D eigenvalue weighted by molar-refractivity contribution is 0.0232. The Morgan fingerprint density at radius 1 is 1.40 bits per heavy atom. The molecule has 1 fully saturated rings. The monoisotopic (exact) mass is 384 g/mol. The van der Waals surface area contributed by atoms with Crippen LogP contribution in [0.3, 0.4) is 0 Å². The molecule has 0 bridgehead atoms. The highest BCUT2D eigenvalue weighted by Gasteiger charge is 2.33. The van der Waals surface area contributed by atoms with Gasteiger partial charge in [0.15, 0.2) is 0 Å². The molecule has 1 aliphatic heterocycles. The predicted octanol–water partition coefficient (Wildman–Crippen LogP) is 4.63. The van der Waals surface area contributed by atoms with Gasteiger partial charge in [-0.05, 0) is 38.5 Å². The van der Waals surface area contributed by atoms with Crippen molar-refractivity contribution in [2.24, 2.45) is 0 Å². The molecule has 0 radical (unpaired) electrons. The highest BCUT2D eigenvalue weighted by molar-refractivity contribution is 6.42. The summed E-state index contributed by atoms with van der Waals surface area (Å²) >= 11 is 12.1. The normalized spacial score (nSPS) is 21.4. The summed E-state index contributed by atoms with van der Waals surface area (Å²) in [5, 5.41) is 10.0.